The van der Waals surface area contributed by atoms with Crippen LogP contribution in [-0.4, -0.2) is 23.7 Å². The van der Waals surface area contributed by atoms with Crippen LogP contribution in [-0.2, 0) is 14.3 Å². The molecule has 16 heavy (non-hydrogen) atoms. The van der Waals surface area contributed by atoms with Gasteiger partial charge in [-0.25, -0.2) is 9.59 Å². The van der Waals surface area contributed by atoms with Gasteiger partial charge in [0, 0.05) is 11.1 Å². The number of rotatable bonds is 4. The topological polar surface area (TPSA) is 63.6 Å². The molecule has 0 heterocycles. The molecule has 0 spiro atoms. The highest BCUT2D eigenvalue weighted by Gasteiger charge is 2.28. The second-order valence-electron chi connectivity index (χ2n) is 3.61. The summed E-state index contributed by atoms with van der Waals surface area (Å²) in [5, 5.41) is 8.29. The number of ether oxygens (including phenoxy) is 1. The summed E-state index contributed by atoms with van der Waals surface area (Å²) < 4.78 is 4.56. The molecule has 90 valence electrons. The van der Waals surface area contributed by atoms with Gasteiger partial charge >= 0.3 is 11.9 Å². The molecule has 0 unspecified atom stereocenters. The minimum atomic E-state index is -0.840. The standard InChI is InChI=1S/C6H8O2.C6H10O2/c1-4(6(7)8)5-2-3-5;1-4-8-6(7)5(2)3/h5H,1-3H2,(H,7,8);2,4H2,1,3H3. The molecule has 0 bridgehead atoms. The summed E-state index contributed by atoms with van der Waals surface area (Å²) in [5.41, 5.74) is 0.830. The van der Waals surface area contributed by atoms with Crippen LogP contribution >= 0.6 is 0 Å². The Morgan fingerprint density at radius 1 is 1.38 bits per heavy atom. The SMILES string of the molecule is C=C(C(=O)O)C1CC1.C=C(C)C(=O)OCC. The van der Waals surface area contributed by atoms with Gasteiger partial charge in [-0.1, -0.05) is 13.2 Å². The zero-order valence-corrected chi connectivity index (χ0v) is 9.78. The fourth-order valence-electron chi connectivity index (χ4n) is 0.861. The molecule has 1 fully saturated rings. The number of hydrogen-bond donors (Lipinski definition) is 1. The quantitative estimate of drug-likeness (QED) is 0.589. The smallest absolute Gasteiger partial charge is 0.333 e. The van der Waals surface area contributed by atoms with Gasteiger partial charge in [0.05, 0.1) is 6.61 Å². The number of carboxylic acid groups (broad SMARTS) is 1. The normalized spacial score (nSPS) is 13.1. The molecule has 1 aliphatic rings. The van der Waals surface area contributed by atoms with Crippen molar-refractivity contribution in [2.24, 2.45) is 5.92 Å². The van der Waals surface area contributed by atoms with Gasteiger partial charge in [-0.05, 0) is 32.6 Å². The van der Waals surface area contributed by atoms with E-state index in [1.807, 2.05) is 0 Å². The van der Waals surface area contributed by atoms with Gasteiger partial charge in [-0.2, -0.15) is 0 Å². The molecule has 0 amide bonds. The van der Waals surface area contributed by atoms with Crippen LogP contribution in [0.5, 0.6) is 0 Å². The summed E-state index contributed by atoms with van der Waals surface area (Å²) in [5.74, 6) is -0.854. The van der Waals surface area contributed by atoms with E-state index in [-0.39, 0.29) is 5.97 Å². The highest BCUT2D eigenvalue weighted by molar-refractivity contribution is 5.87. The second-order valence-corrected chi connectivity index (χ2v) is 3.61. The van der Waals surface area contributed by atoms with Crippen molar-refractivity contribution in [2.45, 2.75) is 26.7 Å². The van der Waals surface area contributed by atoms with E-state index in [4.69, 9.17) is 5.11 Å². The Bertz CT molecular complexity index is 300. The molecular formula is C12H18O4. The second kappa shape index (κ2) is 6.82. The lowest BCUT2D eigenvalue weighted by Crippen LogP contribution is -2.03. The van der Waals surface area contributed by atoms with Crippen LogP contribution in [0.25, 0.3) is 0 Å². The van der Waals surface area contributed by atoms with Crippen molar-refractivity contribution in [3.05, 3.63) is 24.3 Å². The Labute approximate surface area is 95.6 Å². The zero-order chi connectivity index (χ0) is 12.7. The van der Waals surface area contributed by atoms with E-state index < -0.39 is 5.97 Å². The largest absolute Gasteiger partial charge is 0.478 e. The third-order valence-corrected chi connectivity index (χ3v) is 1.97. The molecular weight excluding hydrogens is 208 g/mol. The van der Waals surface area contributed by atoms with E-state index in [0.717, 1.165) is 12.8 Å². The van der Waals surface area contributed by atoms with Gasteiger partial charge in [-0.15, -0.1) is 0 Å². The Kier molecular flexibility index (Phi) is 6.15. The molecule has 0 aromatic rings. The lowest BCUT2D eigenvalue weighted by Gasteiger charge is -1.96. The number of esters is 1. The van der Waals surface area contributed by atoms with Gasteiger partial charge in [0.2, 0.25) is 0 Å². The number of carboxylic acids is 1. The van der Waals surface area contributed by atoms with Crippen molar-refractivity contribution >= 4 is 11.9 Å². The van der Waals surface area contributed by atoms with Crippen LogP contribution in [0.4, 0.5) is 0 Å². The van der Waals surface area contributed by atoms with Crippen molar-refractivity contribution in [3.63, 3.8) is 0 Å². The summed E-state index contributed by atoms with van der Waals surface area (Å²) in [7, 11) is 0. The van der Waals surface area contributed by atoms with E-state index in [2.05, 4.69) is 17.9 Å². The predicted octanol–water partition coefficient (Wildman–Crippen LogP) is 2.16. The molecule has 1 saturated carbocycles. The van der Waals surface area contributed by atoms with Gasteiger partial charge in [0.25, 0.3) is 0 Å². The maximum Gasteiger partial charge on any atom is 0.333 e. The van der Waals surface area contributed by atoms with Crippen molar-refractivity contribution in [1.29, 1.82) is 0 Å². The number of carbonyl (C=O) groups is 2. The molecule has 1 rings (SSSR count). The molecule has 4 heteroatoms. The van der Waals surface area contributed by atoms with E-state index in [0.29, 0.717) is 23.7 Å². The van der Waals surface area contributed by atoms with Gasteiger partial charge < -0.3 is 9.84 Å². The molecule has 4 nitrogen and oxygen atoms in total. The Balaban J connectivity index is 0.000000281. The first-order chi connectivity index (χ1) is 7.40. The van der Waals surface area contributed by atoms with Crippen LogP contribution in [0.2, 0.25) is 0 Å². The Morgan fingerprint density at radius 2 is 1.88 bits per heavy atom. The highest BCUT2D eigenvalue weighted by atomic mass is 16.5. The average Bonchev–Trinajstić information content (AvgIpc) is 3.01. The lowest BCUT2D eigenvalue weighted by atomic mass is 10.2. The summed E-state index contributed by atoms with van der Waals surface area (Å²) in [6.45, 7) is 10.6. The maximum atomic E-state index is 10.4. The van der Waals surface area contributed by atoms with Gasteiger partial charge in [0.1, 0.15) is 0 Å². The third kappa shape index (κ3) is 6.01. The number of aliphatic carboxylic acids is 1. The van der Waals surface area contributed by atoms with Crippen molar-refractivity contribution in [1.82, 2.24) is 0 Å². The first kappa shape index (κ1) is 14.4. The van der Waals surface area contributed by atoms with Gasteiger partial charge in [-0.3, -0.25) is 0 Å². The minimum Gasteiger partial charge on any atom is -0.478 e. The fraction of sp³-hybridized carbons (Fsp3) is 0.500. The molecule has 0 aromatic heterocycles. The van der Waals surface area contributed by atoms with E-state index >= 15 is 0 Å². The van der Waals surface area contributed by atoms with Crippen molar-refractivity contribution < 1.29 is 19.4 Å². The van der Waals surface area contributed by atoms with Gasteiger partial charge in [0.15, 0.2) is 0 Å². The predicted molar refractivity (Wildman–Crippen MR) is 60.9 cm³/mol. The zero-order valence-electron chi connectivity index (χ0n) is 9.78. The molecule has 0 aromatic carbocycles. The molecule has 0 atom stereocenters. The monoisotopic (exact) mass is 226 g/mol. The van der Waals surface area contributed by atoms with Crippen LogP contribution in [0.1, 0.15) is 26.7 Å². The van der Waals surface area contributed by atoms with E-state index in [9.17, 15) is 9.59 Å². The number of carbonyl (C=O) groups excluding carboxylic acids is 1. The Morgan fingerprint density at radius 3 is 2.00 bits per heavy atom. The lowest BCUT2D eigenvalue weighted by molar-refractivity contribution is -0.138. The van der Waals surface area contributed by atoms with Crippen LogP contribution in [0.15, 0.2) is 24.3 Å². The maximum absolute atomic E-state index is 10.4. The molecule has 1 N–H and O–H groups in total. The van der Waals surface area contributed by atoms with Crippen LogP contribution in [0, 0.1) is 5.92 Å². The van der Waals surface area contributed by atoms with E-state index in [1.54, 1.807) is 13.8 Å². The number of hydrogen-bond acceptors (Lipinski definition) is 3. The van der Waals surface area contributed by atoms with Crippen molar-refractivity contribution in [3.8, 4) is 0 Å². The summed E-state index contributed by atoms with van der Waals surface area (Å²) in [4.78, 5) is 20.5. The van der Waals surface area contributed by atoms with Crippen molar-refractivity contribution in [2.75, 3.05) is 6.61 Å². The molecule has 0 aliphatic heterocycles. The Hall–Kier alpha value is -1.58. The summed E-state index contributed by atoms with van der Waals surface area (Å²) in [6.07, 6.45) is 2.04. The van der Waals surface area contributed by atoms with Crippen LogP contribution in [0.3, 0.4) is 0 Å². The van der Waals surface area contributed by atoms with Crippen LogP contribution < -0.4 is 0 Å². The first-order valence-electron chi connectivity index (χ1n) is 5.14. The summed E-state index contributed by atoms with van der Waals surface area (Å²) >= 11 is 0. The highest BCUT2D eigenvalue weighted by Crippen LogP contribution is 2.35. The minimum absolute atomic E-state index is 0.299. The average molecular weight is 226 g/mol. The first-order valence-corrected chi connectivity index (χ1v) is 5.14. The molecule has 0 radical (unpaired) electrons. The van der Waals surface area contributed by atoms with E-state index in [1.165, 1.54) is 0 Å². The molecule has 0 saturated heterocycles. The summed E-state index contributed by atoms with van der Waals surface area (Å²) in [6, 6.07) is 0. The third-order valence-electron chi connectivity index (χ3n) is 1.97. The fourth-order valence-corrected chi connectivity index (χ4v) is 0.861. The molecule has 1 aliphatic carbocycles.